The fourth-order valence-corrected chi connectivity index (χ4v) is 3.25. The third-order valence-electron chi connectivity index (χ3n) is 3.55. The number of hydrogen-bond acceptors (Lipinski definition) is 6. The minimum Gasteiger partial charge on any atom is -0.497 e. The predicted molar refractivity (Wildman–Crippen MR) is 113 cm³/mol. The van der Waals surface area contributed by atoms with Crippen LogP contribution in [0.5, 0.6) is 5.75 Å². The first kappa shape index (κ1) is 20.6. The molecule has 0 aliphatic carbocycles. The molecule has 0 spiro atoms. The molecule has 3 aromatic rings. The van der Waals surface area contributed by atoms with E-state index in [0.717, 1.165) is 16.9 Å². The second-order valence-electron chi connectivity index (χ2n) is 5.37. The first-order chi connectivity index (χ1) is 12.7. The fraction of sp³-hybridized carbons (Fsp3) is 0.105. The zero-order valence-corrected chi connectivity index (χ0v) is 17.0. The topological polar surface area (TPSA) is 83.8 Å². The van der Waals surface area contributed by atoms with Crippen LogP contribution >= 0.6 is 28.3 Å². The molecule has 27 heavy (non-hydrogen) atoms. The van der Waals surface area contributed by atoms with Gasteiger partial charge >= 0.3 is 5.97 Å². The second kappa shape index (κ2) is 9.84. The molecule has 0 unspecified atom stereocenters. The number of methoxy groups -OCH3 is 1. The Morgan fingerprint density at radius 2 is 1.93 bits per heavy atom. The van der Waals surface area contributed by atoms with E-state index < -0.39 is 5.97 Å². The van der Waals surface area contributed by atoms with Crippen LogP contribution in [0.3, 0.4) is 0 Å². The van der Waals surface area contributed by atoms with E-state index in [9.17, 15) is 4.79 Å². The number of hydrogen-bond donors (Lipinski definition) is 2. The van der Waals surface area contributed by atoms with E-state index in [2.05, 4.69) is 15.5 Å². The summed E-state index contributed by atoms with van der Waals surface area (Å²) in [6, 6.07) is 17.0. The van der Waals surface area contributed by atoms with Crippen molar-refractivity contribution in [3.63, 3.8) is 0 Å². The summed E-state index contributed by atoms with van der Waals surface area (Å²) in [7, 11) is 1.62. The summed E-state index contributed by atoms with van der Waals surface area (Å²) < 4.78 is 5.12. The number of benzene rings is 2. The summed E-state index contributed by atoms with van der Waals surface area (Å²) in [4.78, 5) is 16.3. The number of aliphatic carboxylic acids is 1. The molecule has 1 aromatic heterocycles. The van der Waals surface area contributed by atoms with Crippen LogP contribution in [0.25, 0.3) is 11.3 Å². The number of thiazole rings is 1. The summed E-state index contributed by atoms with van der Waals surface area (Å²) >= 11 is 1.29. The highest BCUT2D eigenvalue weighted by Gasteiger charge is 2.15. The third kappa shape index (κ3) is 5.63. The number of carbonyl (C=O) groups is 1. The number of aromatic nitrogens is 1. The molecule has 0 radical (unpaired) electrons. The average Bonchev–Trinajstić information content (AvgIpc) is 3.05. The Hall–Kier alpha value is -2.71. The molecule has 0 fully saturated rings. The largest absolute Gasteiger partial charge is 0.497 e. The molecule has 2 N–H and O–H groups in total. The summed E-state index contributed by atoms with van der Waals surface area (Å²) in [5.74, 6) is -0.111. The Kier molecular flexibility index (Phi) is 7.51. The Morgan fingerprint density at radius 1 is 1.22 bits per heavy atom. The number of carboxylic acid groups (broad SMARTS) is 1. The van der Waals surface area contributed by atoms with Gasteiger partial charge in [-0.15, -0.1) is 17.0 Å². The molecule has 0 amide bonds. The normalized spacial score (nSPS) is 10.4. The van der Waals surface area contributed by atoms with Gasteiger partial charge in [-0.2, -0.15) is 5.10 Å². The van der Waals surface area contributed by atoms with Crippen molar-refractivity contribution in [1.82, 2.24) is 4.98 Å². The first-order valence-corrected chi connectivity index (χ1v) is 8.67. The van der Waals surface area contributed by atoms with Crippen LogP contribution in [-0.4, -0.2) is 29.4 Å². The van der Waals surface area contributed by atoms with Gasteiger partial charge in [0.1, 0.15) is 5.75 Å². The quantitative estimate of drug-likeness (QED) is 0.412. The molecule has 6 nitrogen and oxygen atoms in total. The maximum Gasteiger partial charge on any atom is 0.308 e. The van der Waals surface area contributed by atoms with Gasteiger partial charge in [0.25, 0.3) is 0 Å². The smallest absolute Gasteiger partial charge is 0.308 e. The lowest BCUT2D eigenvalue weighted by molar-refractivity contribution is -0.136. The molecule has 0 aliphatic heterocycles. The monoisotopic (exact) mass is 447 g/mol. The van der Waals surface area contributed by atoms with E-state index in [1.165, 1.54) is 11.3 Å². The SMILES string of the molecule is Br.COc1ccc(/C=N/Nc2nc(-c3ccccc3)c(CC(=O)O)s2)cc1. The van der Waals surface area contributed by atoms with E-state index >= 15 is 0 Å². The lowest BCUT2D eigenvalue weighted by Gasteiger charge is -1.99. The van der Waals surface area contributed by atoms with Crippen molar-refractivity contribution in [3.05, 3.63) is 65.0 Å². The average molecular weight is 448 g/mol. The van der Waals surface area contributed by atoms with E-state index in [4.69, 9.17) is 9.84 Å². The molecule has 2 aromatic carbocycles. The number of rotatable bonds is 7. The van der Waals surface area contributed by atoms with Gasteiger partial charge in [-0.05, 0) is 29.8 Å². The molecule has 0 bridgehead atoms. The highest BCUT2D eigenvalue weighted by atomic mass is 79.9. The minimum absolute atomic E-state index is 0. The molecule has 8 heteroatoms. The van der Waals surface area contributed by atoms with Gasteiger partial charge in [-0.3, -0.25) is 10.2 Å². The van der Waals surface area contributed by atoms with Gasteiger partial charge < -0.3 is 9.84 Å². The minimum atomic E-state index is -0.890. The Morgan fingerprint density at radius 3 is 2.56 bits per heavy atom. The Bertz CT molecular complexity index is 912. The van der Waals surface area contributed by atoms with Crippen LogP contribution in [0.2, 0.25) is 0 Å². The molecule has 0 atom stereocenters. The summed E-state index contributed by atoms with van der Waals surface area (Å²) in [6.45, 7) is 0. The van der Waals surface area contributed by atoms with Crippen molar-refractivity contribution in [2.75, 3.05) is 12.5 Å². The zero-order valence-electron chi connectivity index (χ0n) is 14.5. The van der Waals surface area contributed by atoms with Crippen molar-refractivity contribution < 1.29 is 14.6 Å². The van der Waals surface area contributed by atoms with Gasteiger partial charge in [0, 0.05) is 10.4 Å². The van der Waals surface area contributed by atoms with Gasteiger partial charge in [0.2, 0.25) is 5.13 Å². The van der Waals surface area contributed by atoms with Crippen LogP contribution in [0.1, 0.15) is 10.4 Å². The molecular formula is C19H18BrN3O3S. The Labute approximate surface area is 171 Å². The van der Waals surface area contributed by atoms with Gasteiger partial charge in [-0.25, -0.2) is 4.98 Å². The highest BCUT2D eigenvalue weighted by molar-refractivity contribution is 8.93. The Balaban J connectivity index is 0.00000261. The fourth-order valence-electron chi connectivity index (χ4n) is 2.33. The van der Waals surface area contributed by atoms with Gasteiger partial charge in [0.05, 0.1) is 25.4 Å². The molecule has 3 rings (SSSR count). The summed E-state index contributed by atoms with van der Waals surface area (Å²) in [5.41, 5.74) is 5.33. The van der Waals surface area contributed by atoms with Crippen molar-refractivity contribution in [2.45, 2.75) is 6.42 Å². The van der Waals surface area contributed by atoms with Crippen molar-refractivity contribution in [2.24, 2.45) is 5.10 Å². The van der Waals surface area contributed by atoms with E-state index in [0.29, 0.717) is 15.7 Å². The zero-order chi connectivity index (χ0) is 18.4. The number of halogens is 1. The highest BCUT2D eigenvalue weighted by Crippen LogP contribution is 2.31. The summed E-state index contributed by atoms with van der Waals surface area (Å²) in [5, 5.41) is 13.9. The van der Waals surface area contributed by atoms with E-state index in [1.54, 1.807) is 13.3 Å². The van der Waals surface area contributed by atoms with Crippen LogP contribution in [0.15, 0.2) is 59.7 Å². The van der Waals surface area contributed by atoms with Crippen LogP contribution in [-0.2, 0) is 11.2 Å². The number of hydrazone groups is 1. The number of nitrogens with zero attached hydrogens (tertiary/aromatic N) is 2. The lowest BCUT2D eigenvalue weighted by atomic mass is 10.1. The van der Waals surface area contributed by atoms with Crippen LogP contribution in [0, 0.1) is 0 Å². The molecule has 0 saturated heterocycles. The number of nitrogens with one attached hydrogen (secondary N) is 1. The molecule has 0 saturated carbocycles. The summed E-state index contributed by atoms with van der Waals surface area (Å²) in [6.07, 6.45) is 1.59. The standard InChI is InChI=1S/C19H17N3O3S.BrH/c1-25-15-9-7-13(8-10-15)12-20-22-19-21-18(14-5-3-2-4-6-14)16(26-19)11-17(23)24;/h2-10,12H,11H2,1H3,(H,21,22)(H,23,24);1H/b20-12+;. The number of ether oxygens (including phenoxy) is 1. The van der Waals surface area contributed by atoms with Crippen molar-refractivity contribution >= 4 is 45.6 Å². The maximum absolute atomic E-state index is 11.1. The van der Waals surface area contributed by atoms with E-state index in [1.807, 2.05) is 54.6 Å². The van der Waals surface area contributed by atoms with Crippen LogP contribution in [0.4, 0.5) is 5.13 Å². The first-order valence-electron chi connectivity index (χ1n) is 7.86. The third-order valence-corrected chi connectivity index (χ3v) is 4.51. The molecule has 1 heterocycles. The maximum atomic E-state index is 11.1. The lowest BCUT2D eigenvalue weighted by Crippen LogP contribution is -1.99. The van der Waals surface area contributed by atoms with Crippen molar-refractivity contribution in [1.29, 1.82) is 0 Å². The van der Waals surface area contributed by atoms with Gasteiger partial charge in [-0.1, -0.05) is 41.7 Å². The predicted octanol–water partition coefficient (Wildman–Crippen LogP) is 4.47. The molecule has 140 valence electrons. The number of carboxylic acids is 1. The van der Waals surface area contributed by atoms with Crippen LogP contribution < -0.4 is 10.2 Å². The second-order valence-corrected chi connectivity index (χ2v) is 6.45. The van der Waals surface area contributed by atoms with Gasteiger partial charge in [0.15, 0.2) is 0 Å². The van der Waals surface area contributed by atoms with Crippen molar-refractivity contribution in [3.8, 4) is 17.0 Å². The molecular weight excluding hydrogens is 430 g/mol. The molecule has 0 aliphatic rings. The van der Waals surface area contributed by atoms with E-state index in [-0.39, 0.29) is 23.4 Å². The number of anilines is 1.